The summed E-state index contributed by atoms with van der Waals surface area (Å²) in [5, 5.41) is 8.06. The van der Waals surface area contributed by atoms with E-state index in [-0.39, 0.29) is 5.91 Å². The molecule has 1 heterocycles. The number of anilines is 1. The van der Waals surface area contributed by atoms with E-state index in [1.165, 1.54) is 5.56 Å². The van der Waals surface area contributed by atoms with Gasteiger partial charge in [0.15, 0.2) is 0 Å². The van der Waals surface area contributed by atoms with Gasteiger partial charge in [0.25, 0.3) is 0 Å². The molecule has 1 aromatic carbocycles. The van der Waals surface area contributed by atoms with E-state index in [0.717, 1.165) is 24.3 Å². The Kier molecular flexibility index (Phi) is 5.63. The summed E-state index contributed by atoms with van der Waals surface area (Å²) in [6.07, 6.45) is 2.69. The number of nitrogens with one attached hydrogen (secondary N) is 1. The average Bonchev–Trinajstić information content (AvgIpc) is 3.28. The molecule has 1 aliphatic carbocycles. The predicted octanol–water partition coefficient (Wildman–Crippen LogP) is 4.40. The molecule has 0 saturated heterocycles. The number of hydrogen-bond acceptors (Lipinski definition) is 4. The standard InChI is InChI=1S/C18H21ClN2O2S/c1-23-17-5-2-14(19)10-16(17)20-8-6-18(22)21(15-3-4-15)11-13-7-9-24-12-13/h2,5,7,9-10,12,15,20H,3-4,6,8,11H2,1H3. The number of benzene rings is 1. The number of ether oxygens (including phenoxy) is 1. The Labute approximate surface area is 151 Å². The Morgan fingerprint density at radius 3 is 2.92 bits per heavy atom. The smallest absolute Gasteiger partial charge is 0.224 e. The van der Waals surface area contributed by atoms with Crippen LogP contribution in [0.3, 0.4) is 0 Å². The van der Waals surface area contributed by atoms with Crippen molar-refractivity contribution in [3.05, 3.63) is 45.6 Å². The van der Waals surface area contributed by atoms with Crippen molar-refractivity contribution < 1.29 is 9.53 Å². The third kappa shape index (κ3) is 4.42. The van der Waals surface area contributed by atoms with Gasteiger partial charge in [0.1, 0.15) is 5.75 Å². The van der Waals surface area contributed by atoms with Crippen molar-refractivity contribution in [1.82, 2.24) is 4.90 Å². The molecule has 3 rings (SSSR count). The summed E-state index contributed by atoms with van der Waals surface area (Å²) in [5.74, 6) is 0.918. The summed E-state index contributed by atoms with van der Waals surface area (Å²) in [5.41, 5.74) is 2.03. The van der Waals surface area contributed by atoms with Gasteiger partial charge in [-0.3, -0.25) is 4.79 Å². The van der Waals surface area contributed by atoms with E-state index in [0.29, 0.717) is 30.6 Å². The number of methoxy groups -OCH3 is 1. The van der Waals surface area contributed by atoms with Crippen molar-refractivity contribution in [3.63, 3.8) is 0 Å². The molecule has 0 spiro atoms. The summed E-state index contributed by atoms with van der Waals surface area (Å²) in [7, 11) is 1.62. The molecule has 1 saturated carbocycles. The summed E-state index contributed by atoms with van der Waals surface area (Å²) >= 11 is 7.69. The maximum atomic E-state index is 12.6. The highest BCUT2D eigenvalue weighted by Gasteiger charge is 2.32. The van der Waals surface area contributed by atoms with E-state index >= 15 is 0 Å². The monoisotopic (exact) mass is 364 g/mol. The van der Waals surface area contributed by atoms with Gasteiger partial charge in [0.2, 0.25) is 5.91 Å². The van der Waals surface area contributed by atoms with Crippen LogP contribution in [0.25, 0.3) is 0 Å². The van der Waals surface area contributed by atoms with Crippen LogP contribution in [0.15, 0.2) is 35.0 Å². The molecule has 24 heavy (non-hydrogen) atoms. The number of hydrogen-bond donors (Lipinski definition) is 1. The third-order valence-electron chi connectivity index (χ3n) is 4.06. The lowest BCUT2D eigenvalue weighted by atomic mass is 10.2. The van der Waals surface area contributed by atoms with Crippen LogP contribution >= 0.6 is 22.9 Å². The van der Waals surface area contributed by atoms with Crippen LogP contribution in [-0.4, -0.2) is 30.5 Å². The zero-order valence-corrected chi connectivity index (χ0v) is 15.2. The Hall–Kier alpha value is -1.72. The lowest BCUT2D eigenvalue weighted by molar-refractivity contribution is -0.132. The fourth-order valence-electron chi connectivity index (χ4n) is 2.65. The van der Waals surface area contributed by atoms with E-state index in [9.17, 15) is 4.79 Å². The number of halogens is 1. The van der Waals surface area contributed by atoms with E-state index in [4.69, 9.17) is 16.3 Å². The first-order valence-corrected chi connectivity index (χ1v) is 9.37. The summed E-state index contributed by atoms with van der Waals surface area (Å²) in [4.78, 5) is 14.6. The molecule has 6 heteroatoms. The first-order valence-electron chi connectivity index (χ1n) is 8.05. The van der Waals surface area contributed by atoms with E-state index in [1.807, 2.05) is 17.0 Å². The second kappa shape index (κ2) is 7.90. The van der Waals surface area contributed by atoms with Gasteiger partial charge < -0.3 is 15.0 Å². The van der Waals surface area contributed by atoms with Crippen molar-refractivity contribution in [3.8, 4) is 5.75 Å². The molecule has 1 fully saturated rings. The average molecular weight is 365 g/mol. The molecule has 0 radical (unpaired) electrons. The fourth-order valence-corrected chi connectivity index (χ4v) is 3.48. The first-order chi connectivity index (χ1) is 11.7. The topological polar surface area (TPSA) is 41.6 Å². The Morgan fingerprint density at radius 2 is 2.25 bits per heavy atom. The SMILES string of the molecule is COc1ccc(Cl)cc1NCCC(=O)N(Cc1ccsc1)C1CC1. The molecule has 0 aliphatic heterocycles. The molecular weight excluding hydrogens is 344 g/mol. The third-order valence-corrected chi connectivity index (χ3v) is 5.02. The Bertz CT molecular complexity index is 686. The lowest BCUT2D eigenvalue weighted by Crippen LogP contribution is -2.33. The second-order valence-corrected chi connectivity index (χ2v) is 7.12. The lowest BCUT2D eigenvalue weighted by Gasteiger charge is -2.22. The molecule has 0 bridgehead atoms. The number of carbonyl (C=O) groups is 1. The maximum Gasteiger partial charge on any atom is 0.224 e. The van der Waals surface area contributed by atoms with Crippen molar-refractivity contribution >= 4 is 34.5 Å². The van der Waals surface area contributed by atoms with Gasteiger partial charge >= 0.3 is 0 Å². The van der Waals surface area contributed by atoms with Gasteiger partial charge in [-0.05, 0) is 53.4 Å². The van der Waals surface area contributed by atoms with Crippen LogP contribution in [0.1, 0.15) is 24.8 Å². The molecular formula is C18H21ClN2O2S. The van der Waals surface area contributed by atoms with Crippen molar-refractivity contribution in [2.75, 3.05) is 19.0 Å². The van der Waals surface area contributed by atoms with Crippen LogP contribution in [0.4, 0.5) is 5.69 Å². The minimum atomic E-state index is 0.192. The first kappa shape index (κ1) is 17.1. The number of nitrogens with zero attached hydrogens (tertiary/aromatic N) is 1. The van der Waals surface area contributed by atoms with Gasteiger partial charge in [0.05, 0.1) is 12.8 Å². The summed E-state index contributed by atoms with van der Waals surface area (Å²) in [6, 6.07) is 7.92. The zero-order chi connectivity index (χ0) is 16.9. The zero-order valence-electron chi connectivity index (χ0n) is 13.6. The molecule has 1 N–H and O–H groups in total. The summed E-state index contributed by atoms with van der Waals surface area (Å²) in [6.45, 7) is 1.27. The van der Waals surface area contributed by atoms with E-state index < -0.39 is 0 Å². The molecule has 1 aliphatic rings. The molecule has 4 nitrogen and oxygen atoms in total. The minimum absolute atomic E-state index is 0.192. The number of amides is 1. The van der Waals surface area contributed by atoms with Crippen molar-refractivity contribution in [1.29, 1.82) is 0 Å². The van der Waals surface area contributed by atoms with Crippen molar-refractivity contribution in [2.45, 2.75) is 31.8 Å². The Balaban J connectivity index is 1.55. The minimum Gasteiger partial charge on any atom is -0.495 e. The van der Waals surface area contributed by atoms with Crippen LogP contribution in [-0.2, 0) is 11.3 Å². The quantitative estimate of drug-likeness (QED) is 0.754. The van der Waals surface area contributed by atoms with Crippen LogP contribution in [0.2, 0.25) is 5.02 Å². The molecule has 1 aromatic heterocycles. The molecule has 0 unspecified atom stereocenters. The highest BCUT2D eigenvalue weighted by molar-refractivity contribution is 7.07. The van der Waals surface area contributed by atoms with E-state index in [2.05, 4.69) is 22.1 Å². The van der Waals surface area contributed by atoms with Gasteiger partial charge in [-0.25, -0.2) is 0 Å². The van der Waals surface area contributed by atoms with Crippen LogP contribution in [0.5, 0.6) is 5.75 Å². The van der Waals surface area contributed by atoms with E-state index in [1.54, 1.807) is 24.5 Å². The largest absolute Gasteiger partial charge is 0.495 e. The number of rotatable bonds is 8. The van der Waals surface area contributed by atoms with Gasteiger partial charge in [-0.2, -0.15) is 11.3 Å². The fraction of sp³-hybridized carbons (Fsp3) is 0.389. The predicted molar refractivity (Wildman–Crippen MR) is 99.0 cm³/mol. The van der Waals surface area contributed by atoms with Gasteiger partial charge in [-0.1, -0.05) is 11.6 Å². The second-order valence-electron chi connectivity index (χ2n) is 5.91. The highest BCUT2D eigenvalue weighted by Crippen LogP contribution is 2.30. The number of carbonyl (C=O) groups excluding carboxylic acids is 1. The van der Waals surface area contributed by atoms with Crippen LogP contribution < -0.4 is 10.1 Å². The van der Waals surface area contributed by atoms with Gasteiger partial charge in [-0.15, -0.1) is 0 Å². The van der Waals surface area contributed by atoms with Gasteiger partial charge in [0, 0.05) is 30.6 Å². The van der Waals surface area contributed by atoms with Crippen LogP contribution in [0, 0.1) is 0 Å². The molecule has 1 amide bonds. The molecule has 2 aromatic rings. The molecule has 0 atom stereocenters. The number of thiophene rings is 1. The molecule has 128 valence electrons. The Morgan fingerprint density at radius 1 is 1.42 bits per heavy atom. The summed E-state index contributed by atoms with van der Waals surface area (Å²) < 4.78 is 5.31. The highest BCUT2D eigenvalue weighted by atomic mass is 35.5. The normalized spacial score (nSPS) is 13.6. The van der Waals surface area contributed by atoms with Crippen molar-refractivity contribution in [2.24, 2.45) is 0 Å². The maximum absolute atomic E-state index is 12.6.